The monoisotopic (exact) mass is 206 g/mol. The molecule has 0 unspecified atom stereocenters. The van der Waals surface area contributed by atoms with E-state index in [0.29, 0.717) is 5.75 Å². The van der Waals surface area contributed by atoms with Crippen LogP contribution in [0.3, 0.4) is 0 Å². The summed E-state index contributed by atoms with van der Waals surface area (Å²) in [5, 5.41) is 8.67. The van der Waals surface area contributed by atoms with Gasteiger partial charge >= 0.3 is 0 Å². The number of hydrogen-bond acceptors (Lipinski definition) is 2. The van der Waals surface area contributed by atoms with Gasteiger partial charge in [-0.2, -0.15) is 12.6 Å². The summed E-state index contributed by atoms with van der Waals surface area (Å²) in [6, 6.07) is 8.11. The molecule has 0 heterocycles. The summed E-state index contributed by atoms with van der Waals surface area (Å²) in [5.74, 6) is 6.49. The molecule has 0 amide bonds. The van der Waals surface area contributed by atoms with Gasteiger partial charge in [-0.15, -0.1) is 0 Å². The molecule has 14 heavy (non-hydrogen) atoms. The van der Waals surface area contributed by atoms with Gasteiger partial charge in [0.1, 0.15) is 0 Å². The smallest absolute Gasteiger partial charge is 0.0521 e. The molecular weight excluding hydrogens is 192 g/mol. The minimum Gasteiger partial charge on any atom is -0.396 e. The number of rotatable bonds is 3. The van der Waals surface area contributed by atoms with Crippen LogP contribution >= 0.6 is 12.6 Å². The summed E-state index contributed by atoms with van der Waals surface area (Å²) in [6.07, 6.45) is 1.75. The second-order valence-corrected chi connectivity index (χ2v) is 3.30. The molecule has 0 aliphatic carbocycles. The third-order valence-electron chi connectivity index (χ3n) is 1.89. The van der Waals surface area contributed by atoms with E-state index in [9.17, 15) is 0 Å². The van der Waals surface area contributed by atoms with Crippen LogP contribution in [0.5, 0.6) is 0 Å². The normalized spacial score (nSPS) is 9.29. The van der Waals surface area contributed by atoms with Crippen LogP contribution in [0.15, 0.2) is 24.3 Å². The summed E-state index contributed by atoms with van der Waals surface area (Å²) >= 11 is 4.02. The van der Waals surface area contributed by atoms with Crippen molar-refractivity contribution >= 4 is 12.6 Å². The van der Waals surface area contributed by atoms with Crippen LogP contribution < -0.4 is 0 Å². The average molecular weight is 206 g/mol. The molecular formula is C12H14OS. The molecule has 1 aromatic rings. The highest BCUT2D eigenvalue weighted by Gasteiger charge is 1.92. The molecule has 0 bridgehead atoms. The van der Waals surface area contributed by atoms with Gasteiger partial charge in [-0.05, 0) is 30.5 Å². The zero-order valence-electron chi connectivity index (χ0n) is 8.03. The molecule has 0 aromatic heterocycles. The van der Waals surface area contributed by atoms with Crippen molar-refractivity contribution in [2.75, 3.05) is 12.4 Å². The molecule has 0 fully saturated rings. The third kappa shape index (κ3) is 3.87. The van der Waals surface area contributed by atoms with Crippen molar-refractivity contribution in [2.24, 2.45) is 0 Å². The summed E-state index contributed by atoms with van der Waals surface area (Å²) in [5.41, 5.74) is 2.27. The Morgan fingerprint density at radius 1 is 1.21 bits per heavy atom. The Balaban J connectivity index is 2.59. The van der Waals surface area contributed by atoms with Gasteiger partial charge in [0, 0.05) is 12.2 Å². The minimum absolute atomic E-state index is 0.251. The maximum absolute atomic E-state index is 8.67. The predicted octanol–water partition coefficient (Wildman–Crippen LogP) is 1.89. The van der Waals surface area contributed by atoms with Gasteiger partial charge in [0.2, 0.25) is 0 Å². The molecule has 1 nitrogen and oxygen atoms in total. The number of hydrogen-bond donors (Lipinski definition) is 2. The lowest BCUT2D eigenvalue weighted by molar-refractivity contribution is 0.288. The first-order chi connectivity index (χ1) is 6.86. The highest BCUT2D eigenvalue weighted by molar-refractivity contribution is 7.80. The molecule has 0 atom stereocenters. The van der Waals surface area contributed by atoms with E-state index in [1.807, 2.05) is 12.1 Å². The zero-order chi connectivity index (χ0) is 10.2. The van der Waals surface area contributed by atoms with E-state index in [2.05, 4.69) is 36.6 Å². The summed E-state index contributed by atoms with van der Waals surface area (Å²) in [7, 11) is 0. The Bertz CT molecular complexity index is 318. The number of aliphatic hydroxyl groups is 1. The Labute approximate surface area is 90.6 Å². The van der Waals surface area contributed by atoms with Crippen LogP contribution in [0.4, 0.5) is 0 Å². The first kappa shape index (κ1) is 11.2. The predicted molar refractivity (Wildman–Crippen MR) is 62.6 cm³/mol. The first-order valence-corrected chi connectivity index (χ1v) is 5.29. The molecule has 0 saturated heterocycles. The highest BCUT2D eigenvalue weighted by atomic mass is 32.1. The van der Waals surface area contributed by atoms with Crippen molar-refractivity contribution in [2.45, 2.75) is 12.8 Å². The van der Waals surface area contributed by atoms with Crippen molar-refractivity contribution in [3.63, 3.8) is 0 Å². The molecule has 0 radical (unpaired) electrons. The lowest BCUT2D eigenvalue weighted by Gasteiger charge is -1.98. The SMILES string of the molecule is OCCCc1ccc(C#CCS)cc1. The van der Waals surface area contributed by atoms with Gasteiger partial charge < -0.3 is 5.11 Å². The van der Waals surface area contributed by atoms with E-state index < -0.39 is 0 Å². The molecule has 1 N–H and O–H groups in total. The van der Waals surface area contributed by atoms with Crippen molar-refractivity contribution in [1.29, 1.82) is 0 Å². The molecule has 1 aromatic carbocycles. The third-order valence-corrected chi connectivity index (χ3v) is 2.05. The lowest BCUT2D eigenvalue weighted by atomic mass is 10.1. The van der Waals surface area contributed by atoms with Gasteiger partial charge in [-0.25, -0.2) is 0 Å². The van der Waals surface area contributed by atoms with Crippen LogP contribution in [0.1, 0.15) is 17.5 Å². The summed E-state index contributed by atoms with van der Waals surface area (Å²) in [4.78, 5) is 0. The van der Waals surface area contributed by atoms with Crippen LogP contribution in [-0.2, 0) is 6.42 Å². The van der Waals surface area contributed by atoms with Crippen LogP contribution in [0.2, 0.25) is 0 Å². The molecule has 74 valence electrons. The number of aryl methyl sites for hydroxylation is 1. The molecule has 1 rings (SSSR count). The van der Waals surface area contributed by atoms with Crippen molar-refractivity contribution in [3.8, 4) is 11.8 Å². The van der Waals surface area contributed by atoms with E-state index in [4.69, 9.17) is 5.11 Å². The summed E-state index contributed by atoms with van der Waals surface area (Å²) in [6.45, 7) is 0.251. The van der Waals surface area contributed by atoms with Crippen LogP contribution in [0, 0.1) is 11.8 Å². The number of aliphatic hydroxyl groups excluding tert-OH is 1. The second kappa shape index (κ2) is 6.53. The lowest BCUT2D eigenvalue weighted by Crippen LogP contribution is -1.89. The van der Waals surface area contributed by atoms with Gasteiger partial charge in [0.15, 0.2) is 0 Å². The van der Waals surface area contributed by atoms with Crippen molar-refractivity contribution < 1.29 is 5.11 Å². The van der Waals surface area contributed by atoms with Crippen molar-refractivity contribution in [3.05, 3.63) is 35.4 Å². The average Bonchev–Trinajstić information content (AvgIpc) is 2.25. The fourth-order valence-corrected chi connectivity index (χ4v) is 1.26. The van der Waals surface area contributed by atoms with Gasteiger partial charge in [0.05, 0.1) is 5.75 Å². The van der Waals surface area contributed by atoms with Gasteiger partial charge in [-0.1, -0.05) is 24.0 Å². The standard InChI is InChI=1S/C12H14OS/c13-9-1-3-11-5-7-12(8-6-11)4-2-10-14/h5-8,13-14H,1,3,9-10H2. The van der Waals surface area contributed by atoms with E-state index in [1.54, 1.807) is 0 Å². The summed E-state index contributed by atoms with van der Waals surface area (Å²) < 4.78 is 0. The number of benzene rings is 1. The maximum Gasteiger partial charge on any atom is 0.0521 e. The maximum atomic E-state index is 8.67. The molecule has 0 aliphatic rings. The largest absolute Gasteiger partial charge is 0.396 e. The second-order valence-electron chi connectivity index (χ2n) is 2.98. The molecule has 2 heteroatoms. The quantitative estimate of drug-likeness (QED) is 0.571. The Kier molecular flexibility index (Phi) is 5.21. The molecule has 0 aliphatic heterocycles. The van der Waals surface area contributed by atoms with Gasteiger partial charge in [0.25, 0.3) is 0 Å². The number of thiol groups is 1. The minimum atomic E-state index is 0.251. The highest BCUT2D eigenvalue weighted by Crippen LogP contribution is 2.05. The van der Waals surface area contributed by atoms with E-state index in [0.717, 1.165) is 18.4 Å². The fourth-order valence-electron chi connectivity index (χ4n) is 1.18. The first-order valence-electron chi connectivity index (χ1n) is 4.66. The Morgan fingerprint density at radius 2 is 1.93 bits per heavy atom. The molecule has 0 saturated carbocycles. The van der Waals surface area contributed by atoms with Crippen molar-refractivity contribution in [1.82, 2.24) is 0 Å². The van der Waals surface area contributed by atoms with E-state index in [-0.39, 0.29) is 6.61 Å². The van der Waals surface area contributed by atoms with Crippen LogP contribution in [0.25, 0.3) is 0 Å². The Morgan fingerprint density at radius 3 is 2.50 bits per heavy atom. The fraction of sp³-hybridized carbons (Fsp3) is 0.333. The van der Waals surface area contributed by atoms with E-state index >= 15 is 0 Å². The van der Waals surface area contributed by atoms with E-state index in [1.165, 1.54) is 5.56 Å². The topological polar surface area (TPSA) is 20.2 Å². The van der Waals surface area contributed by atoms with Gasteiger partial charge in [-0.3, -0.25) is 0 Å². The van der Waals surface area contributed by atoms with Crippen LogP contribution in [-0.4, -0.2) is 17.5 Å². The molecule has 0 spiro atoms. The Hall–Kier alpha value is -0.910. The zero-order valence-corrected chi connectivity index (χ0v) is 8.93.